The molecule has 2 rings (SSSR count). The molecule has 1 aromatic carbocycles. The highest BCUT2D eigenvalue weighted by Gasteiger charge is 2.22. The van der Waals surface area contributed by atoms with Crippen molar-refractivity contribution in [1.82, 2.24) is 4.90 Å². The number of hydrogen-bond donors (Lipinski definition) is 2. The molecule has 2 unspecified atom stereocenters. The highest BCUT2D eigenvalue weighted by atomic mass is 19.1. The molecule has 0 spiro atoms. The van der Waals surface area contributed by atoms with Gasteiger partial charge in [-0.15, -0.1) is 0 Å². The number of piperidine rings is 1. The lowest BCUT2D eigenvalue weighted by Gasteiger charge is -2.33. The van der Waals surface area contributed by atoms with E-state index >= 15 is 0 Å². The Bertz CT molecular complexity index is 456. The molecule has 1 aliphatic rings. The maximum atomic E-state index is 13.6. The van der Waals surface area contributed by atoms with E-state index in [2.05, 4.69) is 4.90 Å². The van der Waals surface area contributed by atoms with Gasteiger partial charge in [0.05, 0.1) is 6.10 Å². The maximum absolute atomic E-state index is 13.6. The third-order valence-corrected chi connectivity index (χ3v) is 4.69. The van der Waals surface area contributed by atoms with Crippen LogP contribution in [0.15, 0.2) is 18.2 Å². The molecule has 0 bridgehead atoms. The number of rotatable bonds is 5. The van der Waals surface area contributed by atoms with Crippen molar-refractivity contribution in [1.29, 1.82) is 0 Å². The summed E-state index contributed by atoms with van der Waals surface area (Å²) in [6.45, 7) is 6.61. The minimum Gasteiger partial charge on any atom is -0.393 e. The molecule has 1 aliphatic heterocycles. The SMILES string of the molecule is Cc1ccc(C(N)CCN2CCC(C(C)O)CC2)cc1F. The van der Waals surface area contributed by atoms with Gasteiger partial charge in [-0.1, -0.05) is 12.1 Å². The van der Waals surface area contributed by atoms with Gasteiger partial charge in [0.15, 0.2) is 0 Å². The third-order valence-electron chi connectivity index (χ3n) is 4.69. The normalized spacial score (nSPS) is 20.4. The topological polar surface area (TPSA) is 49.5 Å². The van der Waals surface area contributed by atoms with Gasteiger partial charge >= 0.3 is 0 Å². The van der Waals surface area contributed by atoms with Gasteiger partial charge < -0.3 is 15.7 Å². The van der Waals surface area contributed by atoms with E-state index < -0.39 is 0 Å². The molecule has 1 heterocycles. The molecular formula is C17H27FN2O. The highest BCUT2D eigenvalue weighted by Crippen LogP contribution is 2.22. The van der Waals surface area contributed by atoms with Crippen LogP contribution in [0.25, 0.3) is 0 Å². The van der Waals surface area contributed by atoms with Crippen LogP contribution in [0.2, 0.25) is 0 Å². The van der Waals surface area contributed by atoms with Crippen molar-refractivity contribution in [3.05, 3.63) is 35.1 Å². The second-order valence-corrected chi connectivity index (χ2v) is 6.32. The largest absolute Gasteiger partial charge is 0.393 e. The summed E-state index contributed by atoms with van der Waals surface area (Å²) in [7, 11) is 0. The van der Waals surface area contributed by atoms with Crippen LogP contribution in [0, 0.1) is 18.7 Å². The van der Waals surface area contributed by atoms with Gasteiger partial charge in [0.1, 0.15) is 5.82 Å². The summed E-state index contributed by atoms with van der Waals surface area (Å²) in [4.78, 5) is 2.39. The van der Waals surface area contributed by atoms with Crippen LogP contribution in [0.4, 0.5) is 4.39 Å². The zero-order chi connectivity index (χ0) is 15.4. The lowest BCUT2D eigenvalue weighted by molar-refractivity contribution is 0.0709. The minimum absolute atomic E-state index is 0.116. The van der Waals surface area contributed by atoms with E-state index in [0.717, 1.165) is 44.5 Å². The van der Waals surface area contributed by atoms with Crippen molar-refractivity contribution < 1.29 is 9.50 Å². The average Bonchev–Trinajstić information content (AvgIpc) is 2.48. The molecular weight excluding hydrogens is 267 g/mol. The number of nitrogens with two attached hydrogens (primary N) is 1. The number of hydrogen-bond acceptors (Lipinski definition) is 3. The number of aliphatic hydroxyl groups excluding tert-OH is 1. The Labute approximate surface area is 126 Å². The molecule has 0 saturated carbocycles. The van der Waals surface area contributed by atoms with E-state index in [1.165, 1.54) is 0 Å². The Morgan fingerprint density at radius 2 is 2.05 bits per heavy atom. The molecule has 118 valence electrons. The van der Waals surface area contributed by atoms with E-state index in [4.69, 9.17) is 5.73 Å². The van der Waals surface area contributed by atoms with Crippen LogP contribution in [0.3, 0.4) is 0 Å². The molecule has 0 aliphatic carbocycles. The summed E-state index contributed by atoms with van der Waals surface area (Å²) in [5.74, 6) is 0.252. The van der Waals surface area contributed by atoms with Gasteiger partial charge in [-0.3, -0.25) is 0 Å². The first-order valence-corrected chi connectivity index (χ1v) is 7.89. The Balaban J connectivity index is 1.79. The molecule has 21 heavy (non-hydrogen) atoms. The molecule has 1 saturated heterocycles. The van der Waals surface area contributed by atoms with Crippen LogP contribution in [0.1, 0.15) is 43.4 Å². The second kappa shape index (κ2) is 7.34. The third kappa shape index (κ3) is 4.50. The number of aryl methyl sites for hydroxylation is 1. The molecule has 3 N–H and O–H groups in total. The number of benzene rings is 1. The Morgan fingerprint density at radius 1 is 1.38 bits per heavy atom. The van der Waals surface area contributed by atoms with Crippen LogP contribution >= 0.6 is 0 Å². The Morgan fingerprint density at radius 3 is 2.62 bits per heavy atom. The van der Waals surface area contributed by atoms with Crippen molar-refractivity contribution in [3.8, 4) is 0 Å². The van der Waals surface area contributed by atoms with E-state index in [1.54, 1.807) is 19.1 Å². The fourth-order valence-electron chi connectivity index (χ4n) is 2.99. The second-order valence-electron chi connectivity index (χ2n) is 6.32. The number of aliphatic hydroxyl groups is 1. The highest BCUT2D eigenvalue weighted by molar-refractivity contribution is 5.25. The number of halogens is 1. The average molecular weight is 294 g/mol. The molecule has 2 atom stereocenters. The first kappa shape index (κ1) is 16.4. The minimum atomic E-state index is -0.204. The summed E-state index contributed by atoms with van der Waals surface area (Å²) in [5.41, 5.74) is 7.70. The molecule has 0 aromatic heterocycles. The number of nitrogens with zero attached hydrogens (tertiary/aromatic N) is 1. The maximum Gasteiger partial charge on any atom is 0.126 e. The first-order valence-electron chi connectivity index (χ1n) is 7.89. The monoisotopic (exact) mass is 294 g/mol. The van der Waals surface area contributed by atoms with Crippen LogP contribution in [-0.2, 0) is 0 Å². The van der Waals surface area contributed by atoms with Gasteiger partial charge in [0.2, 0.25) is 0 Å². The smallest absolute Gasteiger partial charge is 0.126 e. The lowest BCUT2D eigenvalue weighted by Crippen LogP contribution is -2.38. The predicted octanol–water partition coefficient (Wildman–Crippen LogP) is 2.62. The molecule has 1 aromatic rings. The standard InChI is InChI=1S/C17H27FN2O/c1-12-3-4-15(11-16(12)18)17(19)7-10-20-8-5-14(6-9-20)13(2)21/h3-4,11,13-14,17,21H,5-10,19H2,1-2H3. The van der Waals surface area contributed by atoms with Gasteiger partial charge in [-0.25, -0.2) is 4.39 Å². The summed E-state index contributed by atoms with van der Waals surface area (Å²) in [6.07, 6.45) is 2.73. The van der Waals surface area contributed by atoms with Gasteiger partial charge in [-0.2, -0.15) is 0 Å². The molecule has 3 nitrogen and oxygen atoms in total. The summed E-state index contributed by atoms with van der Waals surface area (Å²) < 4.78 is 13.6. The Kier molecular flexibility index (Phi) is 5.73. The summed E-state index contributed by atoms with van der Waals surface area (Å²) >= 11 is 0. The molecule has 0 radical (unpaired) electrons. The lowest BCUT2D eigenvalue weighted by atomic mass is 9.92. The van der Waals surface area contributed by atoms with E-state index in [1.807, 2.05) is 13.0 Å². The van der Waals surface area contributed by atoms with Gasteiger partial charge in [0.25, 0.3) is 0 Å². The zero-order valence-electron chi connectivity index (χ0n) is 13.1. The predicted molar refractivity (Wildman–Crippen MR) is 83.5 cm³/mol. The first-order chi connectivity index (χ1) is 9.97. The van der Waals surface area contributed by atoms with Crippen molar-refractivity contribution in [3.63, 3.8) is 0 Å². The van der Waals surface area contributed by atoms with E-state index in [0.29, 0.717) is 11.5 Å². The van der Waals surface area contributed by atoms with Crippen LogP contribution < -0.4 is 5.73 Å². The van der Waals surface area contributed by atoms with Crippen molar-refractivity contribution in [2.45, 2.75) is 45.3 Å². The molecule has 1 fully saturated rings. The van der Waals surface area contributed by atoms with Gasteiger partial charge in [0, 0.05) is 6.04 Å². The molecule has 4 heteroatoms. The van der Waals surface area contributed by atoms with Crippen molar-refractivity contribution >= 4 is 0 Å². The van der Waals surface area contributed by atoms with Crippen molar-refractivity contribution in [2.24, 2.45) is 11.7 Å². The summed E-state index contributed by atoms with van der Waals surface area (Å²) in [6, 6.07) is 5.15. The van der Waals surface area contributed by atoms with Crippen LogP contribution in [0.5, 0.6) is 0 Å². The molecule has 0 amide bonds. The van der Waals surface area contributed by atoms with Crippen molar-refractivity contribution in [2.75, 3.05) is 19.6 Å². The van der Waals surface area contributed by atoms with Crippen LogP contribution in [-0.4, -0.2) is 35.7 Å². The zero-order valence-corrected chi connectivity index (χ0v) is 13.1. The number of likely N-dealkylation sites (tertiary alicyclic amines) is 1. The van der Waals surface area contributed by atoms with Gasteiger partial charge in [-0.05, 0) is 75.9 Å². The fourth-order valence-corrected chi connectivity index (χ4v) is 2.99. The van der Waals surface area contributed by atoms with E-state index in [9.17, 15) is 9.50 Å². The summed E-state index contributed by atoms with van der Waals surface area (Å²) in [5, 5.41) is 9.60. The van der Waals surface area contributed by atoms with E-state index in [-0.39, 0.29) is 18.0 Å². The quantitative estimate of drug-likeness (QED) is 0.877. The Hall–Kier alpha value is -0.970. The fraction of sp³-hybridized carbons (Fsp3) is 0.647.